The molecule has 0 heterocycles. The van der Waals surface area contributed by atoms with E-state index in [9.17, 15) is 9.59 Å². The molecule has 4 nitrogen and oxygen atoms in total. The maximum absolute atomic E-state index is 11.6. The third-order valence-electron chi connectivity index (χ3n) is 2.39. The highest BCUT2D eigenvalue weighted by atomic mass is 16.5. The van der Waals surface area contributed by atoms with Gasteiger partial charge < -0.3 is 9.47 Å². The monoisotopic (exact) mass is 262 g/mol. The second-order valence-electron chi connectivity index (χ2n) is 3.99. The molecule has 1 aromatic carbocycles. The molecule has 19 heavy (non-hydrogen) atoms. The zero-order valence-corrected chi connectivity index (χ0v) is 11.2. The number of hydrogen-bond acceptors (Lipinski definition) is 4. The van der Waals surface area contributed by atoms with Crippen molar-refractivity contribution in [2.24, 2.45) is 0 Å². The summed E-state index contributed by atoms with van der Waals surface area (Å²) in [5.74, 6) is -0.723. The maximum Gasteiger partial charge on any atom is 0.338 e. The van der Waals surface area contributed by atoms with Crippen LogP contribution in [-0.4, -0.2) is 25.2 Å². The normalized spacial score (nSPS) is 10.9. The van der Waals surface area contributed by atoms with Crippen LogP contribution >= 0.6 is 0 Å². The van der Waals surface area contributed by atoms with Crippen molar-refractivity contribution in [2.45, 2.75) is 20.3 Å². The van der Waals surface area contributed by atoms with Gasteiger partial charge in [0.2, 0.25) is 0 Å². The fourth-order valence-corrected chi connectivity index (χ4v) is 1.42. The molecule has 0 saturated heterocycles. The minimum Gasteiger partial charge on any atom is -0.463 e. The van der Waals surface area contributed by atoms with Crippen LogP contribution in [-0.2, 0) is 14.3 Å². The topological polar surface area (TPSA) is 52.6 Å². The van der Waals surface area contributed by atoms with E-state index in [1.807, 2.05) is 6.07 Å². The van der Waals surface area contributed by atoms with E-state index < -0.39 is 0 Å². The Labute approximate surface area is 113 Å². The number of hydrogen-bond donors (Lipinski definition) is 0. The first-order valence-corrected chi connectivity index (χ1v) is 6.19. The van der Waals surface area contributed by atoms with Crippen molar-refractivity contribution in [3.05, 3.63) is 47.5 Å². The predicted molar refractivity (Wildman–Crippen MR) is 71.7 cm³/mol. The fourth-order valence-electron chi connectivity index (χ4n) is 1.42. The molecule has 0 unspecified atom stereocenters. The molecular formula is C15H18O4. The van der Waals surface area contributed by atoms with E-state index in [0.717, 1.165) is 5.57 Å². The number of carbonyl (C=O) groups excluding carboxylic acids is 2. The summed E-state index contributed by atoms with van der Waals surface area (Å²) in [5.41, 5.74) is 1.34. The average Bonchev–Trinajstić information content (AvgIpc) is 2.39. The van der Waals surface area contributed by atoms with Crippen LogP contribution in [0.15, 0.2) is 42.0 Å². The van der Waals surface area contributed by atoms with Gasteiger partial charge in [0.05, 0.1) is 18.8 Å². The summed E-state index contributed by atoms with van der Waals surface area (Å²) in [7, 11) is 0. The molecule has 0 fully saturated rings. The van der Waals surface area contributed by atoms with Crippen LogP contribution < -0.4 is 0 Å². The molecule has 102 valence electrons. The summed E-state index contributed by atoms with van der Waals surface area (Å²) in [6.07, 6.45) is 1.93. The third-order valence-corrected chi connectivity index (χ3v) is 2.39. The number of ether oxygens (including phenoxy) is 2. The Morgan fingerprint density at radius 2 is 1.84 bits per heavy atom. The van der Waals surface area contributed by atoms with Gasteiger partial charge in [0, 0.05) is 12.5 Å². The predicted octanol–water partition coefficient (Wildman–Crippen LogP) is 2.74. The van der Waals surface area contributed by atoms with Gasteiger partial charge in [-0.2, -0.15) is 0 Å². The molecule has 0 N–H and O–H groups in total. The van der Waals surface area contributed by atoms with Crippen molar-refractivity contribution in [2.75, 3.05) is 13.2 Å². The quantitative estimate of drug-likeness (QED) is 0.584. The Bertz CT molecular complexity index is 448. The Hall–Kier alpha value is -2.10. The summed E-state index contributed by atoms with van der Waals surface area (Å²) < 4.78 is 9.89. The van der Waals surface area contributed by atoms with Crippen LogP contribution in [0.3, 0.4) is 0 Å². The summed E-state index contributed by atoms with van der Waals surface area (Å²) in [5, 5.41) is 0. The lowest BCUT2D eigenvalue weighted by Crippen LogP contribution is -2.07. The lowest BCUT2D eigenvalue weighted by Gasteiger charge is -2.05. The molecule has 0 atom stereocenters. The molecule has 0 aliphatic carbocycles. The van der Waals surface area contributed by atoms with Gasteiger partial charge in [0.25, 0.3) is 0 Å². The number of carbonyl (C=O) groups is 2. The lowest BCUT2D eigenvalue weighted by molar-refractivity contribution is -0.137. The molecule has 0 amide bonds. The molecule has 0 saturated carbocycles. The first kappa shape index (κ1) is 15.0. The Kier molecular flexibility index (Phi) is 6.36. The fraction of sp³-hybridized carbons (Fsp3) is 0.333. The van der Waals surface area contributed by atoms with Gasteiger partial charge in [-0.25, -0.2) is 9.59 Å². The Morgan fingerprint density at radius 1 is 1.16 bits per heavy atom. The summed E-state index contributed by atoms with van der Waals surface area (Å²) >= 11 is 0. The van der Waals surface area contributed by atoms with Gasteiger partial charge in [0.1, 0.15) is 0 Å². The van der Waals surface area contributed by atoms with Gasteiger partial charge in [-0.05, 0) is 26.0 Å². The molecule has 4 heteroatoms. The van der Waals surface area contributed by atoms with E-state index in [2.05, 4.69) is 0 Å². The summed E-state index contributed by atoms with van der Waals surface area (Å²) in [4.78, 5) is 22.8. The average molecular weight is 262 g/mol. The van der Waals surface area contributed by atoms with Crippen LogP contribution in [0.4, 0.5) is 0 Å². The minimum atomic E-state index is -0.366. The highest BCUT2D eigenvalue weighted by molar-refractivity contribution is 5.89. The highest BCUT2D eigenvalue weighted by Gasteiger charge is 2.06. The van der Waals surface area contributed by atoms with E-state index in [-0.39, 0.29) is 18.5 Å². The van der Waals surface area contributed by atoms with Crippen molar-refractivity contribution in [3.63, 3.8) is 0 Å². The molecule has 1 rings (SSSR count). The van der Waals surface area contributed by atoms with E-state index in [1.54, 1.807) is 38.1 Å². The number of rotatable bonds is 6. The van der Waals surface area contributed by atoms with Gasteiger partial charge in [-0.3, -0.25) is 0 Å². The van der Waals surface area contributed by atoms with E-state index in [1.165, 1.54) is 6.08 Å². The second-order valence-corrected chi connectivity index (χ2v) is 3.99. The lowest BCUT2D eigenvalue weighted by atomic mass is 10.2. The van der Waals surface area contributed by atoms with Crippen molar-refractivity contribution in [1.29, 1.82) is 0 Å². The first-order chi connectivity index (χ1) is 9.13. The van der Waals surface area contributed by atoms with E-state index in [0.29, 0.717) is 18.6 Å². The Morgan fingerprint density at radius 3 is 2.47 bits per heavy atom. The van der Waals surface area contributed by atoms with Gasteiger partial charge in [-0.15, -0.1) is 0 Å². The van der Waals surface area contributed by atoms with Crippen LogP contribution in [0.5, 0.6) is 0 Å². The van der Waals surface area contributed by atoms with Gasteiger partial charge in [-0.1, -0.05) is 23.8 Å². The SMILES string of the molecule is CCOC(=O)/C=C(\C)CCOC(=O)c1ccccc1. The highest BCUT2D eigenvalue weighted by Crippen LogP contribution is 2.05. The van der Waals surface area contributed by atoms with Crippen LogP contribution in [0.1, 0.15) is 30.6 Å². The molecule has 1 aromatic rings. The third kappa shape index (κ3) is 5.86. The van der Waals surface area contributed by atoms with Crippen molar-refractivity contribution in [3.8, 4) is 0 Å². The number of benzene rings is 1. The molecule has 0 spiro atoms. The zero-order chi connectivity index (χ0) is 14.1. The van der Waals surface area contributed by atoms with Crippen LogP contribution in [0, 0.1) is 0 Å². The largest absolute Gasteiger partial charge is 0.463 e. The van der Waals surface area contributed by atoms with Crippen LogP contribution in [0.25, 0.3) is 0 Å². The summed E-state index contributed by atoms with van der Waals surface area (Å²) in [6.45, 7) is 4.15. The van der Waals surface area contributed by atoms with E-state index in [4.69, 9.17) is 9.47 Å². The number of esters is 2. The standard InChI is InChI=1S/C15H18O4/c1-3-18-14(16)11-12(2)9-10-19-15(17)13-7-5-4-6-8-13/h4-8,11H,3,9-10H2,1-2H3/b12-11+. The van der Waals surface area contributed by atoms with Crippen LogP contribution in [0.2, 0.25) is 0 Å². The summed E-state index contributed by atoms with van der Waals surface area (Å²) in [6, 6.07) is 8.79. The molecule has 0 aromatic heterocycles. The molecular weight excluding hydrogens is 244 g/mol. The van der Waals surface area contributed by atoms with Gasteiger partial charge >= 0.3 is 11.9 Å². The second kappa shape index (κ2) is 8.08. The maximum atomic E-state index is 11.6. The smallest absolute Gasteiger partial charge is 0.338 e. The van der Waals surface area contributed by atoms with Gasteiger partial charge in [0.15, 0.2) is 0 Å². The molecule has 0 aliphatic rings. The molecule has 0 bridgehead atoms. The van der Waals surface area contributed by atoms with E-state index >= 15 is 0 Å². The van der Waals surface area contributed by atoms with Crippen molar-refractivity contribution >= 4 is 11.9 Å². The van der Waals surface area contributed by atoms with Crippen molar-refractivity contribution < 1.29 is 19.1 Å². The molecule has 0 aliphatic heterocycles. The van der Waals surface area contributed by atoms with Crippen molar-refractivity contribution in [1.82, 2.24) is 0 Å². The minimum absolute atomic E-state index is 0.246. The Balaban J connectivity index is 2.34. The zero-order valence-electron chi connectivity index (χ0n) is 11.2. The first-order valence-electron chi connectivity index (χ1n) is 6.19. The molecule has 0 radical (unpaired) electrons.